The minimum atomic E-state index is 0.104. The normalized spacial score (nSPS) is 13.0. The fourth-order valence-corrected chi connectivity index (χ4v) is 3.93. The highest BCUT2D eigenvalue weighted by Gasteiger charge is 2.15. The van der Waals surface area contributed by atoms with Gasteiger partial charge in [-0.25, -0.2) is 5.43 Å². The molecular formula is C13H12N2S2. The van der Waals surface area contributed by atoms with Crippen LogP contribution in [0.3, 0.4) is 0 Å². The van der Waals surface area contributed by atoms with Gasteiger partial charge < -0.3 is 0 Å². The molecular weight excluding hydrogens is 248 g/mol. The topological polar surface area (TPSA) is 38.0 Å². The summed E-state index contributed by atoms with van der Waals surface area (Å²) in [7, 11) is 0. The fourth-order valence-electron chi connectivity index (χ4n) is 1.90. The maximum absolute atomic E-state index is 5.68. The van der Waals surface area contributed by atoms with E-state index in [4.69, 9.17) is 5.84 Å². The molecule has 17 heavy (non-hydrogen) atoms. The Labute approximate surface area is 108 Å². The SMILES string of the molecule is NNC(c1cccs1)c1cc2ccccc2s1. The molecule has 86 valence electrons. The van der Waals surface area contributed by atoms with Crippen LogP contribution in [0.2, 0.25) is 0 Å². The van der Waals surface area contributed by atoms with Crippen molar-refractivity contribution in [3.05, 3.63) is 57.6 Å². The molecule has 0 saturated heterocycles. The maximum atomic E-state index is 5.68. The van der Waals surface area contributed by atoms with E-state index >= 15 is 0 Å². The van der Waals surface area contributed by atoms with E-state index in [1.165, 1.54) is 19.8 Å². The van der Waals surface area contributed by atoms with Crippen molar-refractivity contribution in [3.8, 4) is 0 Å². The molecule has 3 N–H and O–H groups in total. The summed E-state index contributed by atoms with van der Waals surface area (Å²) < 4.78 is 1.30. The summed E-state index contributed by atoms with van der Waals surface area (Å²) >= 11 is 3.52. The molecule has 2 nitrogen and oxygen atoms in total. The van der Waals surface area contributed by atoms with Crippen LogP contribution >= 0.6 is 22.7 Å². The highest BCUT2D eigenvalue weighted by atomic mass is 32.1. The third-order valence-corrected chi connectivity index (χ3v) is 4.84. The van der Waals surface area contributed by atoms with E-state index in [0.717, 1.165) is 0 Å². The van der Waals surface area contributed by atoms with Crippen LogP contribution in [-0.2, 0) is 0 Å². The first-order valence-electron chi connectivity index (χ1n) is 5.36. The number of hydrazine groups is 1. The summed E-state index contributed by atoms with van der Waals surface area (Å²) in [6, 6.07) is 14.9. The van der Waals surface area contributed by atoms with Crippen molar-refractivity contribution >= 4 is 32.8 Å². The minimum absolute atomic E-state index is 0.104. The number of thiophene rings is 2. The summed E-state index contributed by atoms with van der Waals surface area (Å²) in [5, 5.41) is 3.36. The zero-order valence-corrected chi connectivity index (χ0v) is 10.7. The zero-order chi connectivity index (χ0) is 11.7. The van der Waals surface area contributed by atoms with Gasteiger partial charge in [-0.05, 0) is 29.0 Å². The van der Waals surface area contributed by atoms with Crippen LogP contribution in [0, 0.1) is 0 Å². The van der Waals surface area contributed by atoms with Gasteiger partial charge in [0.15, 0.2) is 0 Å². The molecule has 3 rings (SSSR count). The second-order valence-electron chi connectivity index (χ2n) is 3.80. The van der Waals surface area contributed by atoms with Crippen molar-refractivity contribution in [2.45, 2.75) is 6.04 Å². The van der Waals surface area contributed by atoms with Crippen molar-refractivity contribution in [2.24, 2.45) is 5.84 Å². The van der Waals surface area contributed by atoms with Crippen molar-refractivity contribution in [1.29, 1.82) is 0 Å². The summed E-state index contributed by atoms with van der Waals surface area (Å²) in [6.07, 6.45) is 0. The van der Waals surface area contributed by atoms with Crippen LogP contribution in [-0.4, -0.2) is 0 Å². The van der Waals surface area contributed by atoms with Crippen LogP contribution in [0.4, 0.5) is 0 Å². The number of hydrogen-bond donors (Lipinski definition) is 2. The van der Waals surface area contributed by atoms with Gasteiger partial charge >= 0.3 is 0 Å². The molecule has 2 aromatic heterocycles. The molecule has 0 spiro atoms. The quantitative estimate of drug-likeness (QED) is 0.558. The lowest BCUT2D eigenvalue weighted by atomic mass is 10.2. The predicted molar refractivity (Wildman–Crippen MR) is 75.3 cm³/mol. The Balaban J connectivity index is 2.07. The highest BCUT2D eigenvalue weighted by Crippen LogP contribution is 2.34. The highest BCUT2D eigenvalue weighted by molar-refractivity contribution is 7.19. The summed E-state index contributed by atoms with van der Waals surface area (Å²) in [6.45, 7) is 0. The average Bonchev–Trinajstić information content (AvgIpc) is 2.98. The van der Waals surface area contributed by atoms with E-state index in [-0.39, 0.29) is 6.04 Å². The molecule has 1 aromatic carbocycles. The van der Waals surface area contributed by atoms with Crippen molar-refractivity contribution in [2.75, 3.05) is 0 Å². The van der Waals surface area contributed by atoms with E-state index in [1.54, 1.807) is 22.7 Å². The van der Waals surface area contributed by atoms with Crippen molar-refractivity contribution in [3.63, 3.8) is 0 Å². The monoisotopic (exact) mass is 260 g/mol. The summed E-state index contributed by atoms with van der Waals surface area (Å²) in [5.74, 6) is 5.68. The second kappa shape index (κ2) is 4.58. The Morgan fingerprint density at radius 1 is 1.06 bits per heavy atom. The Morgan fingerprint density at radius 3 is 2.65 bits per heavy atom. The molecule has 0 amide bonds. The lowest BCUT2D eigenvalue weighted by Crippen LogP contribution is -2.27. The summed E-state index contributed by atoms with van der Waals surface area (Å²) in [5.41, 5.74) is 2.90. The van der Waals surface area contributed by atoms with Crippen LogP contribution in [0.15, 0.2) is 47.8 Å². The number of nitrogens with one attached hydrogen (secondary N) is 1. The Morgan fingerprint density at radius 2 is 1.94 bits per heavy atom. The van der Waals surface area contributed by atoms with Gasteiger partial charge in [-0.15, -0.1) is 22.7 Å². The first-order chi connectivity index (χ1) is 8.38. The first-order valence-corrected chi connectivity index (χ1v) is 7.06. The number of fused-ring (bicyclic) bond motifs is 1. The molecule has 1 unspecified atom stereocenters. The maximum Gasteiger partial charge on any atom is 0.0894 e. The Kier molecular flexibility index (Phi) is 2.94. The number of nitrogens with two attached hydrogens (primary N) is 1. The first kappa shape index (κ1) is 10.9. The van der Waals surface area contributed by atoms with Gasteiger partial charge in [0.1, 0.15) is 0 Å². The van der Waals surface area contributed by atoms with Crippen LogP contribution < -0.4 is 11.3 Å². The molecule has 0 radical (unpaired) electrons. The lowest BCUT2D eigenvalue weighted by molar-refractivity contribution is 0.656. The van der Waals surface area contributed by atoms with Crippen LogP contribution in [0.25, 0.3) is 10.1 Å². The molecule has 0 aliphatic heterocycles. The lowest BCUT2D eigenvalue weighted by Gasteiger charge is -2.11. The van der Waals surface area contributed by atoms with Crippen LogP contribution in [0.5, 0.6) is 0 Å². The minimum Gasteiger partial charge on any atom is -0.271 e. The Hall–Kier alpha value is -1.20. The Bertz CT molecular complexity index is 580. The van der Waals surface area contributed by atoms with Crippen molar-refractivity contribution in [1.82, 2.24) is 5.43 Å². The molecule has 4 heteroatoms. The third-order valence-electron chi connectivity index (χ3n) is 2.72. The number of rotatable bonds is 3. The second-order valence-corrected chi connectivity index (χ2v) is 5.90. The molecule has 2 heterocycles. The molecule has 0 bridgehead atoms. The van der Waals surface area contributed by atoms with Gasteiger partial charge in [-0.1, -0.05) is 24.3 Å². The molecule has 0 fully saturated rings. The molecule has 0 aliphatic carbocycles. The third kappa shape index (κ3) is 2.00. The largest absolute Gasteiger partial charge is 0.271 e. The molecule has 3 aromatic rings. The van der Waals surface area contributed by atoms with E-state index < -0.39 is 0 Å². The van der Waals surface area contributed by atoms with E-state index in [9.17, 15) is 0 Å². The van der Waals surface area contributed by atoms with E-state index in [0.29, 0.717) is 0 Å². The average molecular weight is 260 g/mol. The molecule has 0 aliphatic rings. The van der Waals surface area contributed by atoms with E-state index in [2.05, 4.69) is 53.3 Å². The summed E-state index contributed by atoms with van der Waals surface area (Å²) in [4.78, 5) is 2.51. The number of benzene rings is 1. The number of hydrogen-bond acceptors (Lipinski definition) is 4. The van der Waals surface area contributed by atoms with Gasteiger partial charge in [0.2, 0.25) is 0 Å². The fraction of sp³-hybridized carbons (Fsp3) is 0.0769. The van der Waals surface area contributed by atoms with E-state index in [1.807, 2.05) is 0 Å². The zero-order valence-electron chi connectivity index (χ0n) is 9.09. The predicted octanol–water partition coefficient (Wildman–Crippen LogP) is 3.52. The van der Waals surface area contributed by atoms with Gasteiger partial charge in [0.25, 0.3) is 0 Å². The molecule has 1 atom stereocenters. The smallest absolute Gasteiger partial charge is 0.0894 e. The van der Waals surface area contributed by atoms with Gasteiger partial charge in [-0.3, -0.25) is 5.84 Å². The van der Waals surface area contributed by atoms with Gasteiger partial charge in [-0.2, -0.15) is 0 Å². The van der Waals surface area contributed by atoms with Gasteiger partial charge in [0, 0.05) is 14.5 Å². The van der Waals surface area contributed by atoms with Crippen molar-refractivity contribution < 1.29 is 0 Å². The van der Waals surface area contributed by atoms with Crippen LogP contribution in [0.1, 0.15) is 15.8 Å². The standard InChI is InChI=1S/C13H12N2S2/c14-15-13(11-6-3-7-16-11)12-8-9-4-1-2-5-10(9)17-12/h1-8,13,15H,14H2. The van der Waals surface area contributed by atoms with Gasteiger partial charge in [0.05, 0.1) is 6.04 Å². The molecule has 0 saturated carbocycles.